The zero-order valence-corrected chi connectivity index (χ0v) is 12.9. The predicted octanol–water partition coefficient (Wildman–Crippen LogP) is 3.60. The zero-order chi connectivity index (χ0) is 13.6. The van der Waals surface area contributed by atoms with Gasteiger partial charge in [-0.25, -0.2) is 0 Å². The number of aromatic nitrogens is 2. The normalized spacial score (nSPS) is 26.2. The van der Waals surface area contributed by atoms with Crippen LogP contribution in [0.5, 0.6) is 0 Å². The van der Waals surface area contributed by atoms with Crippen molar-refractivity contribution in [2.45, 2.75) is 37.6 Å². The van der Waals surface area contributed by atoms with Crippen molar-refractivity contribution < 1.29 is 0 Å². The van der Waals surface area contributed by atoms with Crippen molar-refractivity contribution in [3.8, 4) is 0 Å². The fraction of sp³-hybridized carbons (Fsp3) is 0.533. The minimum absolute atomic E-state index is 0.325. The maximum atomic E-state index is 6.04. The number of fused-ring (bicyclic) bond motifs is 2. The van der Waals surface area contributed by atoms with E-state index in [0.29, 0.717) is 5.41 Å². The number of halogens is 1. The molecule has 0 radical (unpaired) electrons. The molecule has 0 bridgehead atoms. The van der Waals surface area contributed by atoms with Crippen LogP contribution in [0.15, 0.2) is 18.3 Å². The number of nitrogens with zero attached hydrogens (tertiary/aromatic N) is 2. The summed E-state index contributed by atoms with van der Waals surface area (Å²) in [5.41, 5.74) is 3.17. The van der Waals surface area contributed by atoms with Gasteiger partial charge in [-0.2, -0.15) is 5.10 Å². The van der Waals surface area contributed by atoms with E-state index in [0.717, 1.165) is 17.4 Å². The van der Waals surface area contributed by atoms with Crippen molar-refractivity contribution in [2.24, 2.45) is 0 Å². The van der Waals surface area contributed by atoms with E-state index in [1.807, 2.05) is 12.3 Å². The molecule has 1 aliphatic carbocycles. The lowest BCUT2D eigenvalue weighted by molar-refractivity contribution is 0.137. The zero-order valence-electron chi connectivity index (χ0n) is 11.4. The minimum atomic E-state index is 0.325. The van der Waals surface area contributed by atoms with Crippen molar-refractivity contribution in [1.29, 1.82) is 0 Å². The molecular formula is C15H18ClN3S. The fourth-order valence-electron chi connectivity index (χ4n) is 3.89. The van der Waals surface area contributed by atoms with Crippen LogP contribution in [-0.4, -0.2) is 28.2 Å². The van der Waals surface area contributed by atoms with Crippen LogP contribution >= 0.6 is 22.9 Å². The Balaban J connectivity index is 1.54. The standard InChI is InChI=1S/C15H18ClN3S/c16-13-3-2-12(20-13)9-19-7-1-5-15(10-19)6-4-11-8-17-18-14(11)15/h2-3,8H,1,4-7,9-10H2,(H,17,18). The highest BCUT2D eigenvalue weighted by Gasteiger charge is 2.43. The summed E-state index contributed by atoms with van der Waals surface area (Å²) in [5, 5.41) is 7.52. The summed E-state index contributed by atoms with van der Waals surface area (Å²) in [7, 11) is 0. The van der Waals surface area contributed by atoms with Gasteiger partial charge in [-0.15, -0.1) is 11.3 Å². The van der Waals surface area contributed by atoms with E-state index < -0.39 is 0 Å². The molecule has 1 N–H and O–H groups in total. The number of hydrogen-bond acceptors (Lipinski definition) is 3. The number of nitrogens with one attached hydrogen (secondary N) is 1. The molecular weight excluding hydrogens is 290 g/mol. The molecule has 4 rings (SSSR count). The van der Waals surface area contributed by atoms with Crippen LogP contribution < -0.4 is 0 Å². The van der Waals surface area contributed by atoms with E-state index in [1.54, 1.807) is 11.3 Å². The minimum Gasteiger partial charge on any atom is -0.297 e. The summed E-state index contributed by atoms with van der Waals surface area (Å²) < 4.78 is 0.892. The first-order chi connectivity index (χ1) is 9.75. The average molecular weight is 308 g/mol. The third kappa shape index (κ3) is 2.10. The number of hydrogen-bond donors (Lipinski definition) is 1. The van der Waals surface area contributed by atoms with Crippen LogP contribution in [0.1, 0.15) is 35.4 Å². The number of thiophene rings is 1. The first kappa shape index (κ1) is 12.9. The van der Waals surface area contributed by atoms with Crippen molar-refractivity contribution in [3.05, 3.63) is 38.8 Å². The van der Waals surface area contributed by atoms with Gasteiger partial charge in [-0.1, -0.05) is 11.6 Å². The number of aromatic amines is 1. The van der Waals surface area contributed by atoms with Crippen LogP contribution in [0.2, 0.25) is 4.34 Å². The highest BCUT2D eigenvalue weighted by molar-refractivity contribution is 7.16. The second-order valence-electron chi connectivity index (χ2n) is 6.07. The third-order valence-electron chi connectivity index (χ3n) is 4.79. The number of likely N-dealkylation sites (tertiary alicyclic amines) is 1. The molecule has 0 aromatic carbocycles. The maximum Gasteiger partial charge on any atom is 0.0931 e. The molecule has 1 spiro atoms. The Morgan fingerprint density at radius 1 is 1.40 bits per heavy atom. The van der Waals surface area contributed by atoms with Gasteiger partial charge in [0, 0.05) is 29.1 Å². The third-order valence-corrected chi connectivity index (χ3v) is 6.00. The molecule has 0 saturated carbocycles. The summed E-state index contributed by atoms with van der Waals surface area (Å²) in [6.45, 7) is 3.38. The van der Waals surface area contributed by atoms with E-state index in [2.05, 4.69) is 21.2 Å². The Kier molecular flexibility index (Phi) is 3.13. The Morgan fingerprint density at radius 3 is 3.20 bits per heavy atom. The monoisotopic (exact) mass is 307 g/mol. The highest BCUT2D eigenvalue weighted by Crippen LogP contribution is 2.44. The van der Waals surface area contributed by atoms with Gasteiger partial charge in [0.25, 0.3) is 0 Å². The quantitative estimate of drug-likeness (QED) is 0.919. The van der Waals surface area contributed by atoms with Crippen molar-refractivity contribution >= 4 is 22.9 Å². The van der Waals surface area contributed by atoms with E-state index in [9.17, 15) is 0 Å². The van der Waals surface area contributed by atoms with Gasteiger partial charge in [-0.05, 0) is 49.9 Å². The fourth-order valence-corrected chi connectivity index (χ4v) is 5.02. The van der Waals surface area contributed by atoms with E-state index in [4.69, 9.17) is 11.6 Å². The lowest BCUT2D eigenvalue weighted by atomic mass is 9.77. The molecule has 1 atom stereocenters. The molecule has 1 aliphatic heterocycles. The maximum absolute atomic E-state index is 6.04. The molecule has 1 unspecified atom stereocenters. The first-order valence-electron chi connectivity index (χ1n) is 7.24. The molecule has 1 fully saturated rings. The van der Waals surface area contributed by atoms with Crippen LogP contribution in [0.3, 0.4) is 0 Å². The van der Waals surface area contributed by atoms with Crippen molar-refractivity contribution in [2.75, 3.05) is 13.1 Å². The summed E-state index contributed by atoms with van der Waals surface area (Å²) in [6.07, 6.45) is 7.05. The molecule has 0 amide bonds. The highest BCUT2D eigenvalue weighted by atomic mass is 35.5. The molecule has 3 nitrogen and oxygen atoms in total. The lowest BCUT2D eigenvalue weighted by Crippen LogP contribution is -2.44. The van der Waals surface area contributed by atoms with Crippen LogP contribution in [-0.2, 0) is 18.4 Å². The summed E-state index contributed by atoms with van der Waals surface area (Å²) in [6, 6.07) is 4.16. The van der Waals surface area contributed by atoms with Gasteiger partial charge in [-0.3, -0.25) is 10.00 Å². The van der Waals surface area contributed by atoms with E-state index >= 15 is 0 Å². The van der Waals surface area contributed by atoms with E-state index in [-0.39, 0.29) is 0 Å². The summed E-state index contributed by atoms with van der Waals surface area (Å²) >= 11 is 7.74. The van der Waals surface area contributed by atoms with Crippen LogP contribution in [0.4, 0.5) is 0 Å². The Hall–Kier alpha value is -0.840. The predicted molar refractivity (Wildman–Crippen MR) is 82.4 cm³/mol. The second kappa shape index (κ2) is 4.86. The topological polar surface area (TPSA) is 31.9 Å². The van der Waals surface area contributed by atoms with Gasteiger partial charge < -0.3 is 0 Å². The molecule has 1 saturated heterocycles. The number of piperidine rings is 1. The SMILES string of the molecule is Clc1ccc(CN2CCCC3(CCc4cn[nH]c43)C2)s1. The molecule has 20 heavy (non-hydrogen) atoms. The van der Waals surface area contributed by atoms with Gasteiger partial charge in [0.2, 0.25) is 0 Å². The van der Waals surface area contributed by atoms with Gasteiger partial charge in [0.05, 0.1) is 10.5 Å². The van der Waals surface area contributed by atoms with Crippen molar-refractivity contribution in [3.63, 3.8) is 0 Å². The number of rotatable bonds is 2. The molecule has 106 valence electrons. The molecule has 3 heterocycles. The van der Waals surface area contributed by atoms with Crippen LogP contribution in [0, 0.1) is 0 Å². The largest absolute Gasteiger partial charge is 0.297 e. The lowest BCUT2D eigenvalue weighted by Gasteiger charge is -2.40. The molecule has 2 aliphatic rings. The average Bonchev–Trinajstić information content (AvgIpc) is 3.11. The number of aryl methyl sites for hydroxylation is 1. The molecule has 5 heteroatoms. The Bertz CT molecular complexity index is 620. The van der Waals surface area contributed by atoms with E-state index in [1.165, 1.54) is 48.4 Å². The first-order valence-corrected chi connectivity index (χ1v) is 8.44. The Morgan fingerprint density at radius 2 is 2.35 bits per heavy atom. The molecule has 2 aromatic heterocycles. The summed E-state index contributed by atoms with van der Waals surface area (Å²) in [5.74, 6) is 0. The number of H-pyrrole nitrogens is 1. The molecule has 2 aromatic rings. The van der Waals surface area contributed by atoms with Gasteiger partial charge >= 0.3 is 0 Å². The van der Waals surface area contributed by atoms with Crippen molar-refractivity contribution in [1.82, 2.24) is 15.1 Å². The smallest absolute Gasteiger partial charge is 0.0931 e. The van der Waals surface area contributed by atoms with Gasteiger partial charge in [0.15, 0.2) is 0 Å². The Labute approximate surface area is 127 Å². The summed E-state index contributed by atoms with van der Waals surface area (Å²) in [4.78, 5) is 3.96. The van der Waals surface area contributed by atoms with Crippen LogP contribution in [0.25, 0.3) is 0 Å². The second-order valence-corrected chi connectivity index (χ2v) is 7.87. The van der Waals surface area contributed by atoms with Gasteiger partial charge in [0.1, 0.15) is 0 Å².